The third kappa shape index (κ3) is 6.86. The highest BCUT2D eigenvalue weighted by atomic mass is 32.2. The highest BCUT2D eigenvalue weighted by Gasteiger charge is 2.73. The van der Waals surface area contributed by atoms with E-state index in [4.69, 9.17) is 28.4 Å². The number of rotatable bonds is 13. The van der Waals surface area contributed by atoms with Crippen LogP contribution in [-0.2, 0) is 58.1 Å². The van der Waals surface area contributed by atoms with Crippen molar-refractivity contribution in [3.63, 3.8) is 0 Å². The predicted molar refractivity (Wildman–Crippen MR) is 147 cm³/mol. The van der Waals surface area contributed by atoms with Gasteiger partial charge in [-0.3, -0.25) is 0 Å². The van der Waals surface area contributed by atoms with Crippen molar-refractivity contribution >= 4 is 9.84 Å². The fourth-order valence-electron chi connectivity index (χ4n) is 4.83. The molecule has 0 spiro atoms. The van der Waals surface area contributed by atoms with Crippen LogP contribution in [0, 0.1) is 0 Å². The number of hydrogen-bond acceptors (Lipinski definition) is 8. The van der Waals surface area contributed by atoms with E-state index in [0.717, 1.165) is 19.8 Å². The minimum absolute atomic E-state index is 0.0846. The monoisotopic (exact) mass is 610 g/mol. The van der Waals surface area contributed by atoms with Crippen molar-refractivity contribution in [3.05, 3.63) is 108 Å². The van der Waals surface area contributed by atoms with E-state index in [-0.39, 0.29) is 26.4 Å². The molecule has 0 aromatic heterocycles. The van der Waals surface area contributed by atoms with Gasteiger partial charge in [0.05, 0.1) is 26.4 Å². The second-order valence-electron chi connectivity index (χ2n) is 9.60. The third-order valence-corrected chi connectivity index (χ3v) is 8.94. The summed E-state index contributed by atoms with van der Waals surface area (Å²) in [6, 6.07) is 26.7. The summed E-state index contributed by atoms with van der Waals surface area (Å²) in [7, 11) is -4.27. The average Bonchev–Trinajstić information content (AvgIpc) is 2.99. The van der Waals surface area contributed by atoms with Crippen LogP contribution in [0.5, 0.6) is 0 Å². The fraction of sp³-hybridized carbons (Fsp3) is 0.400. The van der Waals surface area contributed by atoms with Crippen LogP contribution in [0.3, 0.4) is 0 Å². The molecule has 0 bridgehead atoms. The zero-order valence-corrected chi connectivity index (χ0v) is 23.9. The molecule has 5 atom stereocenters. The number of methoxy groups -OCH3 is 2. The summed E-state index contributed by atoms with van der Waals surface area (Å²) < 4.78 is 104. The molecule has 1 aliphatic heterocycles. The summed E-state index contributed by atoms with van der Waals surface area (Å²) in [5, 5.41) is 0. The number of halogens is 3. The normalized spacial score (nSPS) is 24.9. The largest absolute Gasteiger partial charge is 0.500 e. The Hall–Kier alpha value is -2.84. The first-order chi connectivity index (χ1) is 20.1. The maximum Gasteiger partial charge on any atom is 0.500 e. The molecule has 0 amide bonds. The first-order valence-electron chi connectivity index (χ1n) is 13.1. The molecule has 0 saturated carbocycles. The second kappa shape index (κ2) is 14.1. The van der Waals surface area contributed by atoms with Gasteiger partial charge in [-0.25, -0.2) is 8.42 Å². The predicted octanol–water partition coefficient (Wildman–Crippen LogP) is 5.02. The number of alkyl halides is 3. The molecule has 0 aliphatic carbocycles. The Bertz CT molecular complexity index is 1340. The van der Waals surface area contributed by atoms with Crippen LogP contribution in [0.2, 0.25) is 0 Å². The van der Waals surface area contributed by atoms with E-state index < -0.39 is 44.9 Å². The van der Waals surface area contributed by atoms with E-state index in [9.17, 15) is 21.6 Å². The molecule has 42 heavy (non-hydrogen) atoms. The lowest BCUT2D eigenvalue weighted by molar-refractivity contribution is -0.333. The summed E-state index contributed by atoms with van der Waals surface area (Å²) in [4.78, 5) is -3.17. The average molecular weight is 611 g/mol. The topological polar surface area (TPSA) is 89.5 Å². The number of sulfone groups is 1. The van der Waals surface area contributed by atoms with Gasteiger partial charge in [-0.15, -0.1) is 0 Å². The van der Waals surface area contributed by atoms with E-state index in [2.05, 4.69) is 0 Å². The first kappa shape index (κ1) is 32.1. The van der Waals surface area contributed by atoms with Crippen molar-refractivity contribution in [3.8, 4) is 0 Å². The maximum atomic E-state index is 14.3. The van der Waals surface area contributed by atoms with E-state index in [1.165, 1.54) is 0 Å². The smallest absolute Gasteiger partial charge is 0.374 e. The van der Waals surface area contributed by atoms with Crippen molar-refractivity contribution in [2.75, 3.05) is 20.8 Å². The lowest BCUT2D eigenvalue weighted by Crippen LogP contribution is -2.73. The molecule has 1 saturated heterocycles. The summed E-state index contributed by atoms with van der Waals surface area (Å²) in [5.41, 5.74) is -3.61. The molecule has 8 nitrogen and oxygen atoms in total. The van der Waals surface area contributed by atoms with Crippen molar-refractivity contribution < 1.29 is 50.0 Å². The zero-order chi connectivity index (χ0) is 30.2. The molecule has 12 heteroatoms. The molecule has 3 aromatic carbocycles. The van der Waals surface area contributed by atoms with E-state index >= 15 is 0 Å². The molecule has 1 heterocycles. The molecule has 228 valence electrons. The van der Waals surface area contributed by atoms with E-state index in [1.54, 1.807) is 60.7 Å². The Morgan fingerprint density at radius 2 is 1.24 bits per heavy atom. The Balaban J connectivity index is 1.75. The van der Waals surface area contributed by atoms with Gasteiger partial charge in [0.15, 0.2) is 0 Å². The highest BCUT2D eigenvalue weighted by Crippen LogP contribution is 2.46. The Morgan fingerprint density at radius 3 is 1.69 bits per heavy atom. The Labute approximate surface area is 243 Å². The van der Waals surface area contributed by atoms with Crippen LogP contribution in [0.1, 0.15) is 16.7 Å². The van der Waals surface area contributed by atoms with Crippen molar-refractivity contribution in [2.45, 2.75) is 54.9 Å². The molecule has 0 radical (unpaired) electrons. The zero-order valence-electron chi connectivity index (χ0n) is 23.1. The van der Waals surface area contributed by atoms with E-state index in [1.807, 2.05) is 30.3 Å². The minimum atomic E-state index is -6.15. The van der Waals surface area contributed by atoms with Gasteiger partial charge in [-0.05, 0) is 16.7 Å². The summed E-state index contributed by atoms with van der Waals surface area (Å²) in [6.07, 6.45) is -6.40. The lowest BCUT2D eigenvalue weighted by atomic mass is 9.97. The van der Waals surface area contributed by atoms with Crippen LogP contribution in [-0.4, -0.2) is 64.3 Å². The molecule has 4 rings (SSSR count). The van der Waals surface area contributed by atoms with Crippen LogP contribution in [0.25, 0.3) is 0 Å². The quantitative estimate of drug-likeness (QED) is 0.267. The van der Waals surface area contributed by atoms with Gasteiger partial charge in [-0.2, -0.15) is 13.2 Å². The molecule has 1 fully saturated rings. The van der Waals surface area contributed by atoms with Crippen LogP contribution < -0.4 is 0 Å². The molecule has 0 N–H and O–H groups in total. The lowest BCUT2D eigenvalue weighted by Gasteiger charge is -2.51. The standard InChI is InChI=1S/C30H33F3O8S/c1-36-28-29(37-2,42(34,35)30(31,32)33)27(40-20-24-16-10-5-11-17-24)26(39-19-23-14-8-4-9-15-23)25(41-28)21-38-18-22-12-6-3-7-13-22/h3-17,25-28H,18-21H2,1-2H3/t25-,26-,27+,28+,29-/m1/s1. The van der Waals surface area contributed by atoms with Crippen molar-refractivity contribution in [1.82, 2.24) is 0 Å². The van der Waals surface area contributed by atoms with Gasteiger partial charge >= 0.3 is 5.51 Å². The number of ether oxygens (including phenoxy) is 6. The third-order valence-electron chi connectivity index (χ3n) is 6.90. The van der Waals surface area contributed by atoms with Crippen LogP contribution in [0.15, 0.2) is 91.0 Å². The number of benzene rings is 3. The Kier molecular flexibility index (Phi) is 10.8. The molecular weight excluding hydrogens is 577 g/mol. The maximum absolute atomic E-state index is 14.3. The minimum Gasteiger partial charge on any atom is -0.374 e. The van der Waals surface area contributed by atoms with E-state index in [0.29, 0.717) is 11.1 Å². The molecular formula is C30H33F3O8S. The Morgan fingerprint density at radius 1 is 0.762 bits per heavy atom. The first-order valence-corrected chi connectivity index (χ1v) is 14.6. The van der Waals surface area contributed by atoms with Gasteiger partial charge in [-0.1, -0.05) is 91.0 Å². The highest BCUT2D eigenvalue weighted by molar-refractivity contribution is 7.93. The van der Waals surface area contributed by atoms with Crippen molar-refractivity contribution in [2.24, 2.45) is 0 Å². The second-order valence-corrected chi connectivity index (χ2v) is 11.7. The summed E-state index contributed by atoms with van der Waals surface area (Å²) in [5.74, 6) is 0. The fourth-order valence-corrected chi connectivity index (χ4v) is 6.32. The molecule has 0 unspecified atom stereocenters. The summed E-state index contributed by atoms with van der Waals surface area (Å²) in [6.45, 7) is -0.344. The van der Waals surface area contributed by atoms with Crippen molar-refractivity contribution in [1.29, 1.82) is 0 Å². The van der Waals surface area contributed by atoms with Gasteiger partial charge in [0.1, 0.15) is 18.3 Å². The van der Waals surface area contributed by atoms with Gasteiger partial charge < -0.3 is 28.4 Å². The van der Waals surface area contributed by atoms with Crippen LogP contribution >= 0.6 is 0 Å². The molecule has 1 aliphatic rings. The van der Waals surface area contributed by atoms with Crippen LogP contribution in [0.4, 0.5) is 13.2 Å². The van der Waals surface area contributed by atoms with Gasteiger partial charge in [0.25, 0.3) is 14.8 Å². The number of hydrogen-bond donors (Lipinski definition) is 0. The van der Waals surface area contributed by atoms with Gasteiger partial charge in [0.2, 0.25) is 6.29 Å². The summed E-state index contributed by atoms with van der Waals surface area (Å²) >= 11 is 0. The molecule has 3 aromatic rings. The van der Waals surface area contributed by atoms with Gasteiger partial charge in [0, 0.05) is 14.2 Å². The SMILES string of the molecule is CO[C@H]1O[C@H](COCc2ccccc2)[C@@H](OCc2ccccc2)[C@H](OCc2ccccc2)[C@@]1(OC)S(=O)(=O)C(F)(F)F.